The van der Waals surface area contributed by atoms with Crippen molar-refractivity contribution in [1.29, 1.82) is 0 Å². The van der Waals surface area contributed by atoms with E-state index in [1.165, 1.54) is 31.4 Å². The van der Waals surface area contributed by atoms with Gasteiger partial charge in [0.15, 0.2) is 6.10 Å². The molecule has 1 atom stereocenters. The highest BCUT2D eigenvalue weighted by molar-refractivity contribution is 5.89. The number of anilines is 1. The Bertz CT molecular complexity index is 922. The monoisotopic (exact) mass is 502 g/mol. The smallest absolute Gasteiger partial charge is 0.333 e. The van der Waals surface area contributed by atoms with E-state index >= 15 is 0 Å². The third-order valence-corrected chi connectivity index (χ3v) is 5.80. The Labute approximate surface area is 213 Å². The first-order valence-electron chi connectivity index (χ1n) is 12.8. The predicted molar refractivity (Wildman–Crippen MR) is 139 cm³/mol. The molecule has 1 unspecified atom stereocenters. The van der Waals surface area contributed by atoms with Crippen LogP contribution in [0.25, 0.3) is 0 Å². The molecule has 198 valence electrons. The Balaban J connectivity index is 1.90. The van der Waals surface area contributed by atoms with Gasteiger partial charge in [0.25, 0.3) is 0 Å². The summed E-state index contributed by atoms with van der Waals surface area (Å²) in [6.07, 6.45) is 6.00. The normalized spacial score (nSPS) is 11.6. The van der Waals surface area contributed by atoms with E-state index in [-0.39, 0.29) is 24.7 Å². The minimum Gasteiger partial charge on any atom is -0.492 e. The predicted octanol–water partition coefficient (Wildman–Crippen LogP) is 6.13. The van der Waals surface area contributed by atoms with Crippen LogP contribution < -0.4 is 10.1 Å². The van der Waals surface area contributed by atoms with Crippen LogP contribution in [-0.4, -0.2) is 54.4 Å². The van der Waals surface area contributed by atoms with E-state index in [1.54, 1.807) is 36.1 Å². The maximum absolute atomic E-state index is 14.0. The summed E-state index contributed by atoms with van der Waals surface area (Å²) in [7, 11) is 0. The number of benzene rings is 2. The minimum absolute atomic E-state index is 0.152. The highest BCUT2D eigenvalue weighted by Gasteiger charge is 2.18. The molecule has 0 radical (unpaired) electrons. The van der Waals surface area contributed by atoms with Crippen molar-refractivity contribution in [1.82, 2.24) is 4.90 Å². The first-order valence-corrected chi connectivity index (χ1v) is 12.8. The van der Waals surface area contributed by atoms with Gasteiger partial charge in [0.05, 0.1) is 12.2 Å². The molecule has 36 heavy (non-hydrogen) atoms. The lowest BCUT2D eigenvalue weighted by atomic mass is 10.1. The standard InChI is InChI=1S/C28H39FN2O5/c1-3-5-6-7-8-11-18-31(28(34)30-25-13-10-9-12-24(25)29)19-20-36-23-16-14-22(15-17-23)21-26(27(32)33)35-4-2/h9-10,12-17,26H,3-8,11,18-21H2,1-2H3,(H,30,34)(H,32,33). The SMILES string of the molecule is CCCCCCCCN(CCOc1ccc(CC(OCC)C(=O)O)cc1)C(=O)Nc1ccccc1F. The van der Waals surface area contributed by atoms with Crippen molar-refractivity contribution in [3.05, 3.63) is 59.9 Å². The summed E-state index contributed by atoms with van der Waals surface area (Å²) >= 11 is 0. The fourth-order valence-electron chi connectivity index (χ4n) is 3.78. The van der Waals surface area contributed by atoms with Crippen LogP contribution in [0.2, 0.25) is 0 Å². The minimum atomic E-state index is -0.990. The average molecular weight is 503 g/mol. The fraction of sp³-hybridized carbons (Fsp3) is 0.500. The topological polar surface area (TPSA) is 88.1 Å². The molecular formula is C28H39FN2O5. The Kier molecular flexibility index (Phi) is 13.4. The number of ether oxygens (including phenoxy) is 2. The molecule has 0 spiro atoms. The molecule has 2 aromatic carbocycles. The van der Waals surface area contributed by atoms with Crippen LogP contribution in [0.5, 0.6) is 5.75 Å². The number of hydrogen-bond donors (Lipinski definition) is 2. The number of halogens is 1. The summed E-state index contributed by atoms with van der Waals surface area (Å²) in [4.78, 5) is 25.8. The number of carbonyl (C=O) groups excluding carboxylic acids is 1. The van der Waals surface area contributed by atoms with Gasteiger partial charge >= 0.3 is 12.0 Å². The Morgan fingerprint density at radius 1 is 0.972 bits per heavy atom. The van der Waals surface area contributed by atoms with E-state index < -0.39 is 17.9 Å². The molecule has 0 aliphatic rings. The highest BCUT2D eigenvalue weighted by atomic mass is 19.1. The molecule has 0 aliphatic heterocycles. The Morgan fingerprint density at radius 2 is 1.67 bits per heavy atom. The van der Waals surface area contributed by atoms with Crippen LogP contribution in [0.3, 0.4) is 0 Å². The molecule has 0 aliphatic carbocycles. The number of carbonyl (C=O) groups is 2. The van der Waals surface area contributed by atoms with Crippen LogP contribution >= 0.6 is 0 Å². The van der Waals surface area contributed by atoms with Gasteiger partial charge in [-0.2, -0.15) is 0 Å². The molecule has 2 rings (SSSR count). The van der Waals surface area contributed by atoms with Crippen molar-refractivity contribution >= 4 is 17.7 Å². The third kappa shape index (κ3) is 10.6. The van der Waals surface area contributed by atoms with Gasteiger partial charge in [-0.1, -0.05) is 63.3 Å². The second kappa shape index (κ2) is 16.5. The molecule has 2 N–H and O–H groups in total. The zero-order chi connectivity index (χ0) is 26.2. The first-order chi connectivity index (χ1) is 17.4. The summed E-state index contributed by atoms with van der Waals surface area (Å²) in [5, 5.41) is 11.9. The van der Waals surface area contributed by atoms with Gasteiger partial charge in [-0.15, -0.1) is 0 Å². The largest absolute Gasteiger partial charge is 0.492 e. The van der Waals surface area contributed by atoms with E-state index in [9.17, 15) is 19.1 Å². The number of nitrogens with zero attached hydrogens (tertiary/aromatic N) is 1. The number of nitrogens with one attached hydrogen (secondary N) is 1. The molecule has 0 saturated heterocycles. The van der Waals surface area contributed by atoms with Crippen LogP contribution in [0.1, 0.15) is 57.9 Å². The van der Waals surface area contributed by atoms with Gasteiger partial charge < -0.3 is 24.8 Å². The zero-order valence-electron chi connectivity index (χ0n) is 21.4. The maximum Gasteiger partial charge on any atom is 0.333 e. The van der Waals surface area contributed by atoms with Crippen LogP contribution in [0, 0.1) is 5.82 Å². The van der Waals surface area contributed by atoms with Crippen molar-refractivity contribution < 1.29 is 28.6 Å². The number of amides is 2. The molecule has 0 fully saturated rings. The zero-order valence-corrected chi connectivity index (χ0v) is 21.4. The number of rotatable bonds is 17. The molecule has 2 amide bonds. The quantitative estimate of drug-likeness (QED) is 0.254. The summed E-state index contributed by atoms with van der Waals surface area (Å²) in [6.45, 7) is 5.45. The molecule has 0 heterocycles. The van der Waals surface area contributed by atoms with E-state index in [0.29, 0.717) is 25.4 Å². The van der Waals surface area contributed by atoms with Gasteiger partial charge in [-0.3, -0.25) is 0 Å². The lowest BCUT2D eigenvalue weighted by Crippen LogP contribution is -2.38. The fourth-order valence-corrected chi connectivity index (χ4v) is 3.78. The van der Waals surface area contributed by atoms with Crippen molar-refractivity contribution in [2.24, 2.45) is 0 Å². The van der Waals surface area contributed by atoms with Crippen molar-refractivity contribution in [3.8, 4) is 5.75 Å². The number of unbranched alkanes of at least 4 members (excludes halogenated alkanes) is 5. The lowest BCUT2D eigenvalue weighted by molar-refractivity contribution is -0.149. The third-order valence-electron chi connectivity index (χ3n) is 5.80. The summed E-state index contributed by atoms with van der Waals surface area (Å²) < 4.78 is 25.1. The molecule has 0 aromatic heterocycles. The highest BCUT2D eigenvalue weighted by Crippen LogP contribution is 2.16. The van der Waals surface area contributed by atoms with Gasteiger partial charge in [0, 0.05) is 19.6 Å². The molecule has 8 heteroatoms. The summed E-state index contributed by atoms with van der Waals surface area (Å²) in [5.74, 6) is -0.844. The van der Waals surface area contributed by atoms with Gasteiger partial charge in [-0.25, -0.2) is 14.0 Å². The summed E-state index contributed by atoms with van der Waals surface area (Å²) in [6, 6.07) is 12.9. The number of hydrogen-bond acceptors (Lipinski definition) is 4. The van der Waals surface area contributed by atoms with E-state index in [4.69, 9.17) is 9.47 Å². The Morgan fingerprint density at radius 3 is 2.33 bits per heavy atom. The van der Waals surface area contributed by atoms with Gasteiger partial charge in [0.1, 0.15) is 18.2 Å². The number of carboxylic acid groups (broad SMARTS) is 1. The maximum atomic E-state index is 14.0. The number of urea groups is 1. The lowest BCUT2D eigenvalue weighted by Gasteiger charge is -2.23. The van der Waals surface area contributed by atoms with Crippen LogP contribution in [-0.2, 0) is 16.0 Å². The molecule has 0 saturated carbocycles. The van der Waals surface area contributed by atoms with E-state index in [2.05, 4.69) is 12.2 Å². The molecular weight excluding hydrogens is 463 g/mol. The average Bonchev–Trinajstić information content (AvgIpc) is 2.87. The van der Waals surface area contributed by atoms with Gasteiger partial charge in [-0.05, 0) is 43.2 Å². The molecule has 2 aromatic rings. The van der Waals surface area contributed by atoms with Crippen LogP contribution in [0.15, 0.2) is 48.5 Å². The van der Waals surface area contributed by atoms with Gasteiger partial charge in [0.2, 0.25) is 0 Å². The van der Waals surface area contributed by atoms with Crippen LogP contribution in [0.4, 0.5) is 14.9 Å². The first kappa shape index (κ1) is 29.1. The molecule has 0 bridgehead atoms. The number of aliphatic carboxylic acids is 1. The van der Waals surface area contributed by atoms with Crippen molar-refractivity contribution in [2.45, 2.75) is 64.9 Å². The van der Waals surface area contributed by atoms with Crippen molar-refractivity contribution in [2.75, 3.05) is 31.6 Å². The second-order valence-electron chi connectivity index (χ2n) is 8.64. The Hall–Kier alpha value is -3.13. The van der Waals surface area contributed by atoms with E-state index in [1.807, 2.05) is 12.1 Å². The number of carboxylic acids is 1. The van der Waals surface area contributed by atoms with Crippen molar-refractivity contribution in [3.63, 3.8) is 0 Å². The van der Waals surface area contributed by atoms with E-state index in [0.717, 1.165) is 24.8 Å². The number of para-hydroxylation sites is 1. The summed E-state index contributed by atoms with van der Waals surface area (Å²) in [5.41, 5.74) is 0.982. The second-order valence-corrected chi connectivity index (χ2v) is 8.64. The molecule has 7 nitrogen and oxygen atoms in total.